The van der Waals surface area contributed by atoms with E-state index in [4.69, 9.17) is 9.15 Å². The van der Waals surface area contributed by atoms with E-state index < -0.39 is 0 Å². The van der Waals surface area contributed by atoms with Gasteiger partial charge in [0.05, 0.1) is 19.3 Å². The molecule has 0 spiro atoms. The van der Waals surface area contributed by atoms with Gasteiger partial charge in [0.25, 0.3) is 0 Å². The van der Waals surface area contributed by atoms with E-state index in [0.717, 1.165) is 5.56 Å². The molecule has 0 radical (unpaired) electrons. The average molecular weight is 328 g/mol. The van der Waals surface area contributed by atoms with Crippen molar-refractivity contribution in [2.75, 3.05) is 13.2 Å². The highest BCUT2D eigenvalue weighted by Crippen LogP contribution is 2.08. The van der Waals surface area contributed by atoms with Gasteiger partial charge in [-0.15, -0.1) is 0 Å². The van der Waals surface area contributed by atoms with E-state index in [1.807, 2.05) is 12.1 Å². The van der Waals surface area contributed by atoms with Crippen molar-refractivity contribution in [1.82, 2.24) is 9.88 Å². The van der Waals surface area contributed by atoms with Crippen LogP contribution in [0.5, 0.6) is 0 Å². The first kappa shape index (κ1) is 17.5. The Labute approximate surface area is 140 Å². The summed E-state index contributed by atoms with van der Waals surface area (Å²) < 4.78 is 10.1. The largest absolute Gasteiger partial charge is 0.466 e. The minimum absolute atomic E-state index is 0.147. The van der Waals surface area contributed by atoms with Crippen LogP contribution < -0.4 is 0 Å². The summed E-state index contributed by atoms with van der Waals surface area (Å²) in [5.41, 5.74) is 0.890. The van der Waals surface area contributed by atoms with E-state index in [9.17, 15) is 9.59 Å². The zero-order valence-electron chi connectivity index (χ0n) is 13.6. The fourth-order valence-corrected chi connectivity index (χ4v) is 2.08. The van der Waals surface area contributed by atoms with Crippen LogP contribution in [0.1, 0.15) is 24.7 Å². The molecule has 0 saturated carbocycles. The van der Waals surface area contributed by atoms with Gasteiger partial charge in [0.1, 0.15) is 5.76 Å². The number of rotatable bonds is 8. The molecule has 6 nitrogen and oxygen atoms in total. The summed E-state index contributed by atoms with van der Waals surface area (Å²) in [6.07, 6.45) is 8.09. The normalized spacial score (nSPS) is 10.7. The number of pyridine rings is 1. The maximum absolute atomic E-state index is 12.4. The number of esters is 1. The zero-order chi connectivity index (χ0) is 17.2. The molecule has 0 aliphatic heterocycles. The molecule has 0 bridgehead atoms. The Bertz CT molecular complexity index is 666. The highest BCUT2D eigenvalue weighted by molar-refractivity contribution is 5.91. The monoisotopic (exact) mass is 328 g/mol. The quantitative estimate of drug-likeness (QED) is 0.550. The second kappa shape index (κ2) is 9.29. The lowest BCUT2D eigenvalue weighted by atomic mass is 10.2. The van der Waals surface area contributed by atoms with Crippen LogP contribution in [-0.2, 0) is 20.9 Å². The van der Waals surface area contributed by atoms with Crippen molar-refractivity contribution in [2.45, 2.75) is 19.9 Å². The number of carbonyl (C=O) groups is 2. The number of hydrogen-bond donors (Lipinski definition) is 0. The summed E-state index contributed by atoms with van der Waals surface area (Å²) in [5.74, 6) is 0.0612. The van der Waals surface area contributed by atoms with Crippen molar-refractivity contribution < 1.29 is 18.7 Å². The summed E-state index contributed by atoms with van der Waals surface area (Å²) in [6, 6.07) is 7.20. The molecule has 2 heterocycles. The Hall–Kier alpha value is -2.89. The predicted octanol–water partition coefficient (Wildman–Crippen LogP) is 2.67. The van der Waals surface area contributed by atoms with Crippen molar-refractivity contribution in [3.8, 4) is 0 Å². The third-order valence-corrected chi connectivity index (χ3v) is 3.23. The van der Waals surface area contributed by atoms with Gasteiger partial charge in [0, 0.05) is 31.6 Å². The molecule has 1 amide bonds. The number of furan rings is 1. The number of hydrogen-bond acceptors (Lipinski definition) is 5. The predicted molar refractivity (Wildman–Crippen MR) is 88.6 cm³/mol. The van der Waals surface area contributed by atoms with Crippen LogP contribution in [0.4, 0.5) is 0 Å². The second-order valence-electron chi connectivity index (χ2n) is 5.02. The molecule has 0 aliphatic rings. The van der Waals surface area contributed by atoms with Gasteiger partial charge in [0.2, 0.25) is 5.91 Å². The molecule has 0 atom stereocenters. The first-order valence-electron chi connectivity index (χ1n) is 7.74. The van der Waals surface area contributed by atoms with Crippen LogP contribution in [0.15, 0.2) is 53.4 Å². The van der Waals surface area contributed by atoms with Crippen molar-refractivity contribution in [3.63, 3.8) is 0 Å². The van der Waals surface area contributed by atoms with Gasteiger partial charge in [-0.05, 0) is 36.8 Å². The first-order chi connectivity index (χ1) is 11.7. The van der Waals surface area contributed by atoms with Crippen molar-refractivity contribution in [3.05, 3.63) is 60.3 Å². The highest BCUT2D eigenvalue weighted by atomic mass is 16.5. The molecule has 0 aromatic carbocycles. The molecule has 0 aliphatic carbocycles. The van der Waals surface area contributed by atoms with E-state index in [1.165, 1.54) is 12.3 Å². The van der Waals surface area contributed by atoms with Gasteiger partial charge < -0.3 is 14.1 Å². The number of ether oxygens (including phenoxy) is 1. The summed E-state index contributed by atoms with van der Waals surface area (Å²) in [4.78, 5) is 29.6. The van der Waals surface area contributed by atoms with Crippen LogP contribution in [0.3, 0.4) is 0 Å². The molecule has 2 aromatic heterocycles. The molecule has 0 unspecified atom stereocenters. The number of aromatic nitrogens is 1. The van der Waals surface area contributed by atoms with Gasteiger partial charge in [-0.2, -0.15) is 0 Å². The molecule has 24 heavy (non-hydrogen) atoms. The fraction of sp³-hybridized carbons (Fsp3) is 0.278. The Morgan fingerprint density at radius 1 is 1.33 bits per heavy atom. The number of amides is 1. The Kier molecular flexibility index (Phi) is 6.76. The topological polar surface area (TPSA) is 72.6 Å². The molecule has 0 N–H and O–H groups in total. The molecule has 126 valence electrons. The summed E-state index contributed by atoms with van der Waals surface area (Å²) >= 11 is 0. The lowest BCUT2D eigenvalue weighted by Crippen LogP contribution is -2.31. The Morgan fingerprint density at radius 3 is 2.88 bits per heavy atom. The highest BCUT2D eigenvalue weighted by Gasteiger charge is 2.14. The minimum atomic E-state index is -0.323. The van der Waals surface area contributed by atoms with Gasteiger partial charge in [0.15, 0.2) is 0 Å². The van der Waals surface area contributed by atoms with Crippen molar-refractivity contribution in [2.24, 2.45) is 0 Å². The van der Waals surface area contributed by atoms with Crippen LogP contribution >= 0.6 is 0 Å². The SMILES string of the molecule is CCOC(=O)CCN(Cc1cccnc1)C(=O)/C=C/c1ccco1. The fourth-order valence-electron chi connectivity index (χ4n) is 2.08. The van der Waals surface area contributed by atoms with E-state index in [1.54, 1.807) is 42.4 Å². The second-order valence-corrected chi connectivity index (χ2v) is 5.02. The molecule has 0 fully saturated rings. The van der Waals surface area contributed by atoms with Crippen LogP contribution in [0.2, 0.25) is 0 Å². The lowest BCUT2D eigenvalue weighted by molar-refractivity contribution is -0.143. The summed E-state index contributed by atoms with van der Waals surface area (Å²) in [6.45, 7) is 2.72. The van der Waals surface area contributed by atoms with E-state index in [2.05, 4.69) is 4.98 Å². The van der Waals surface area contributed by atoms with Crippen LogP contribution in [-0.4, -0.2) is 34.9 Å². The molecule has 2 rings (SSSR count). The van der Waals surface area contributed by atoms with Gasteiger partial charge in [-0.1, -0.05) is 6.07 Å². The number of carbonyl (C=O) groups excluding carboxylic acids is 2. The third-order valence-electron chi connectivity index (χ3n) is 3.23. The maximum Gasteiger partial charge on any atom is 0.307 e. The molecule has 0 saturated heterocycles. The summed E-state index contributed by atoms with van der Waals surface area (Å²) in [5, 5.41) is 0. The standard InChI is InChI=1S/C18H20N2O4/c1-2-23-18(22)9-11-20(14-15-5-3-10-19-13-15)17(21)8-7-16-6-4-12-24-16/h3-8,10,12-13H,2,9,11,14H2,1H3/b8-7+. The minimum Gasteiger partial charge on any atom is -0.466 e. The van der Waals surface area contributed by atoms with Crippen molar-refractivity contribution in [1.29, 1.82) is 0 Å². The van der Waals surface area contributed by atoms with E-state index in [0.29, 0.717) is 18.9 Å². The maximum atomic E-state index is 12.4. The third kappa shape index (κ3) is 5.72. The lowest BCUT2D eigenvalue weighted by Gasteiger charge is -2.20. The average Bonchev–Trinajstić information content (AvgIpc) is 3.11. The zero-order valence-corrected chi connectivity index (χ0v) is 13.6. The van der Waals surface area contributed by atoms with Gasteiger partial charge in [-0.3, -0.25) is 14.6 Å². The number of nitrogens with zero attached hydrogens (tertiary/aromatic N) is 2. The van der Waals surface area contributed by atoms with Crippen molar-refractivity contribution >= 4 is 18.0 Å². The molecular weight excluding hydrogens is 308 g/mol. The van der Waals surface area contributed by atoms with Gasteiger partial charge >= 0.3 is 5.97 Å². The Balaban J connectivity index is 2.03. The summed E-state index contributed by atoms with van der Waals surface area (Å²) in [7, 11) is 0. The van der Waals surface area contributed by atoms with Crippen LogP contribution in [0, 0.1) is 0 Å². The molecular formula is C18H20N2O4. The smallest absolute Gasteiger partial charge is 0.307 e. The first-order valence-corrected chi connectivity index (χ1v) is 7.74. The Morgan fingerprint density at radius 2 is 2.21 bits per heavy atom. The van der Waals surface area contributed by atoms with E-state index >= 15 is 0 Å². The van der Waals surface area contributed by atoms with Crippen LogP contribution in [0.25, 0.3) is 6.08 Å². The molecule has 2 aromatic rings. The van der Waals surface area contributed by atoms with Gasteiger partial charge in [-0.25, -0.2) is 0 Å². The molecule has 6 heteroatoms. The van der Waals surface area contributed by atoms with E-state index in [-0.39, 0.29) is 24.8 Å².